The quantitative estimate of drug-likeness (QED) is 0.832. The Bertz CT molecular complexity index is 350. The first-order valence-electron chi connectivity index (χ1n) is 6.07. The molecule has 0 radical (unpaired) electrons. The maximum absolute atomic E-state index is 5.03. The molecule has 0 atom stereocenters. The van der Waals surface area contributed by atoms with Gasteiger partial charge < -0.3 is 10.1 Å². The summed E-state index contributed by atoms with van der Waals surface area (Å²) >= 11 is 0. The third kappa shape index (κ3) is 3.38. The van der Waals surface area contributed by atoms with E-state index < -0.39 is 0 Å². The molecule has 2 heterocycles. The number of piperidine rings is 1. The van der Waals surface area contributed by atoms with Crippen molar-refractivity contribution in [1.29, 1.82) is 0 Å². The molecule has 1 N–H and O–H groups in total. The van der Waals surface area contributed by atoms with Gasteiger partial charge in [-0.25, -0.2) is 4.98 Å². The van der Waals surface area contributed by atoms with Gasteiger partial charge in [0, 0.05) is 31.9 Å². The molecule has 1 aliphatic rings. The molecule has 0 unspecified atom stereocenters. The number of likely N-dealkylation sites (tertiary alicyclic amines) is 1. The summed E-state index contributed by atoms with van der Waals surface area (Å²) in [7, 11) is 3.63. The molecule has 2 rings (SSSR count). The van der Waals surface area contributed by atoms with Crippen LogP contribution in [-0.2, 0) is 6.54 Å². The first kappa shape index (κ1) is 12.3. The van der Waals surface area contributed by atoms with Crippen molar-refractivity contribution in [2.24, 2.45) is 0 Å². The van der Waals surface area contributed by atoms with E-state index in [-0.39, 0.29) is 0 Å². The van der Waals surface area contributed by atoms with E-state index in [2.05, 4.69) is 20.2 Å². The summed E-state index contributed by atoms with van der Waals surface area (Å²) in [5, 5.41) is 3.33. The average Bonchev–Trinajstić information content (AvgIpc) is 2.40. The first-order valence-corrected chi connectivity index (χ1v) is 6.07. The Hall–Kier alpha value is -1.20. The zero-order valence-electron chi connectivity index (χ0n) is 10.5. The lowest BCUT2D eigenvalue weighted by Crippen LogP contribution is -2.40. The van der Waals surface area contributed by atoms with Crippen molar-refractivity contribution in [3.05, 3.63) is 18.0 Å². The fraction of sp³-hybridized carbons (Fsp3) is 0.667. The van der Waals surface area contributed by atoms with E-state index in [4.69, 9.17) is 4.74 Å². The number of rotatable bonds is 4. The van der Waals surface area contributed by atoms with Gasteiger partial charge in [-0.2, -0.15) is 4.98 Å². The second kappa shape index (κ2) is 5.93. The largest absolute Gasteiger partial charge is 0.467 e. The molecule has 1 aromatic rings. The summed E-state index contributed by atoms with van der Waals surface area (Å²) in [5.74, 6) is 0. The van der Waals surface area contributed by atoms with E-state index in [0.29, 0.717) is 12.1 Å². The standard InChI is InChI=1S/C12H20N4O/c1-13-10-4-7-16(8-5-10)9-11-3-6-14-12(15-11)17-2/h3,6,10,13H,4-5,7-9H2,1-2H3. The number of hydrogen-bond acceptors (Lipinski definition) is 5. The number of methoxy groups -OCH3 is 1. The van der Waals surface area contributed by atoms with Crippen molar-refractivity contribution in [2.75, 3.05) is 27.2 Å². The first-order chi connectivity index (χ1) is 8.31. The number of ether oxygens (including phenoxy) is 1. The zero-order valence-corrected chi connectivity index (χ0v) is 10.5. The van der Waals surface area contributed by atoms with Crippen molar-refractivity contribution in [3.8, 4) is 6.01 Å². The van der Waals surface area contributed by atoms with Gasteiger partial charge >= 0.3 is 6.01 Å². The minimum absolute atomic E-state index is 0.451. The molecule has 1 aromatic heterocycles. The lowest BCUT2D eigenvalue weighted by molar-refractivity contribution is 0.192. The minimum atomic E-state index is 0.451. The van der Waals surface area contributed by atoms with Gasteiger partial charge in [0.25, 0.3) is 0 Å². The fourth-order valence-corrected chi connectivity index (χ4v) is 2.17. The van der Waals surface area contributed by atoms with Crippen LogP contribution in [0.4, 0.5) is 0 Å². The molecular formula is C12H20N4O. The van der Waals surface area contributed by atoms with E-state index in [1.807, 2.05) is 13.1 Å². The second-order valence-electron chi connectivity index (χ2n) is 4.37. The van der Waals surface area contributed by atoms with Crippen LogP contribution in [0.5, 0.6) is 6.01 Å². The van der Waals surface area contributed by atoms with Crippen molar-refractivity contribution in [2.45, 2.75) is 25.4 Å². The molecule has 94 valence electrons. The van der Waals surface area contributed by atoms with Crippen molar-refractivity contribution >= 4 is 0 Å². The van der Waals surface area contributed by atoms with Crippen LogP contribution in [0.2, 0.25) is 0 Å². The number of aromatic nitrogens is 2. The Morgan fingerprint density at radius 3 is 2.88 bits per heavy atom. The summed E-state index contributed by atoms with van der Waals surface area (Å²) in [6.07, 6.45) is 4.17. The monoisotopic (exact) mass is 236 g/mol. The molecule has 5 heteroatoms. The Labute approximate surface area is 102 Å². The highest BCUT2D eigenvalue weighted by Gasteiger charge is 2.18. The maximum atomic E-state index is 5.03. The summed E-state index contributed by atoms with van der Waals surface area (Å²) in [5.41, 5.74) is 1.03. The minimum Gasteiger partial charge on any atom is -0.467 e. The van der Waals surface area contributed by atoms with Crippen molar-refractivity contribution in [3.63, 3.8) is 0 Å². The summed E-state index contributed by atoms with van der Waals surface area (Å²) in [6.45, 7) is 3.13. The Morgan fingerprint density at radius 1 is 1.47 bits per heavy atom. The molecule has 0 bridgehead atoms. The Balaban J connectivity index is 1.88. The molecule has 1 aliphatic heterocycles. The topological polar surface area (TPSA) is 50.3 Å². The maximum Gasteiger partial charge on any atom is 0.316 e. The molecule has 0 aromatic carbocycles. The van der Waals surface area contributed by atoms with Crippen LogP contribution in [-0.4, -0.2) is 48.2 Å². The highest BCUT2D eigenvalue weighted by atomic mass is 16.5. The number of nitrogens with zero attached hydrogens (tertiary/aromatic N) is 3. The fourth-order valence-electron chi connectivity index (χ4n) is 2.17. The predicted octanol–water partition coefficient (Wildman–Crippen LogP) is 0.669. The van der Waals surface area contributed by atoms with Crippen LogP contribution < -0.4 is 10.1 Å². The molecule has 0 aliphatic carbocycles. The molecule has 1 fully saturated rings. The smallest absolute Gasteiger partial charge is 0.316 e. The zero-order chi connectivity index (χ0) is 12.1. The van der Waals surface area contributed by atoms with Gasteiger partial charge in [-0.1, -0.05) is 0 Å². The van der Waals surface area contributed by atoms with E-state index in [0.717, 1.165) is 25.3 Å². The van der Waals surface area contributed by atoms with Crippen molar-refractivity contribution in [1.82, 2.24) is 20.2 Å². The molecule has 17 heavy (non-hydrogen) atoms. The molecule has 0 amide bonds. The van der Waals surface area contributed by atoms with E-state index in [9.17, 15) is 0 Å². The third-order valence-electron chi connectivity index (χ3n) is 3.26. The van der Waals surface area contributed by atoms with Crippen LogP contribution in [0.15, 0.2) is 12.3 Å². The van der Waals surface area contributed by atoms with Gasteiger partial charge in [-0.3, -0.25) is 4.90 Å². The lowest BCUT2D eigenvalue weighted by atomic mass is 10.1. The normalized spacial score (nSPS) is 18.2. The van der Waals surface area contributed by atoms with E-state index >= 15 is 0 Å². The summed E-state index contributed by atoms with van der Waals surface area (Å²) in [6, 6.07) is 3.07. The predicted molar refractivity (Wildman–Crippen MR) is 65.9 cm³/mol. The van der Waals surface area contributed by atoms with Crippen LogP contribution in [0.1, 0.15) is 18.5 Å². The van der Waals surface area contributed by atoms with E-state index in [1.54, 1.807) is 13.3 Å². The van der Waals surface area contributed by atoms with Gasteiger partial charge in [-0.05, 0) is 26.0 Å². The highest BCUT2D eigenvalue weighted by Crippen LogP contribution is 2.13. The van der Waals surface area contributed by atoms with Crippen LogP contribution >= 0.6 is 0 Å². The van der Waals surface area contributed by atoms with Crippen LogP contribution in [0, 0.1) is 0 Å². The molecule has 1 saturated heterocycles. The Morgan fingerprint density at radius 2 is 2.24 bits per heavy atom. The number of hydrogen-bond donors (Lipinski definition) is 1. The second-order valence-corrected chi connectivity index (χ2v) is 4.37. The molecule has 0 saturated carbocycles. The molecular weight excluding hydrogens is 216 g/mol. The van der Waals surface area contributed by atoms with E-state index in [1.165, 1.54) is 12.8 Å². The van der Waals surface area contributed by atoms with Gasteiger partial charge in [0.05, 0.1) is 12.8 Å². The summed E-state index contributed by atoms with van der Waals surface area (Å²) in [4.78, 5) is 10.8. The van der Waals surface area contributed by atoms with Gasteiger partial charge in [0.15, 0.2) is 0 Å². The highest BCUT2D eigenvalue weighted by molar-refractivity contribution is 5.05. The molecule has 5 nitrogen and oxygen atoms in total. The number of nitrogens with one attached hydrogen (secondary N) is 1. The van der Waals surface area contributed by atoms with Crippen LogP contribution in [0.3, 0.4) is 0 Å². The lowest BCUT2D eigenvalue weighted by Gasteiger charge is -2.31. The van der Waals surface area contributed by atoms with Crippen molar-refractivity contribution < 1.29 is 4.74 Å². The Kier molecular flexibility index (Phi) is 4.28. The third-order valence-corrected chi connectivity index (χ3v) is 3.26. The van der Waals surface area contributed by atoms with Gasteiger partial charge in [-0.15, -0.1) is 0 Å². The summed E-state index contributed by atoms with van der Waals surface area (Å²) < 4.78 is 5.03. The van der Waals surface area contributed by atoms with Gasteiger partial charge in [0.1, 0.15) is 0 Å². The average molecular weight is 236 g/mol. The van der Waals surface area contributed by atoms with Gasteiger partial charge in [0.2, 0.25) is 0 Å². The van der Waals surface area contributed by atoms with Crippen LogP contribution in [0.25, 0.3) is 0 Å². The SMILES string of the molecule is CNC1CCN(Cc2ccnc(OC)n2)CC1. The molecule has 0 spiro atoms.